The monoisotopic (exact) mass is 345 g/mol. The first kappa shape index (κ1) is 12.8. The van der Waals surface area contributed by atoms with Gasteiger partial charge in [-0.25, -0.2) is 0 Å². The lowest BCUT2D eigenvalue weighted by Crippen LogP contribution is -2.36. The van der Waals surface area contributed by atoms with E-state index in [1.165, 1.54) is 9.13 Å². The fourth-order valence-corrected chi connectivity index (χ4v) is 2.70. The van der Waals surface area contributed by atoms with Gasteiger partial charge in [0.1, 0.15) is 0 Å². The average Bonchev–Trinajstić information content (AvgIpc) is 2.32. The fourth-order valence-electron chi connectivity index (χ4n) is 2.14. The van der Waals surface area contributed by atoms with Gasteiger partial charge in [0.05, 0.1) is 0 Å². The summed E-state index contributed by atoms with van der Waals surface area (Å²) in [5.41, 5.74) is 2.37. The number of methoxy groups -OCH3 is 1. The van der Waals surface area contributed by atoms with Gasteiger partial charge in [0.15, 0.2) is 0 Å². The van der Waals surface area contributed by atoms with E-state index in [-0.39, 0.29) is 5.91 Å². The second kappa shape index (κ2) is 5.82. The van der Waals surface area contributed by atoms with Crippen molar-refractivity contribution < 1.29 is 9.53 Å². The van der Waals surface area contributed by atoms with Crippen LogP contribution in [0.3, 0.4) is 0 Å². The summed E-state index contributed by atoms with van der Waals surface area (Å²) in [4.78, 5) is 13.8. The molecule has 0 bridgehead atoms. The third-order valence-electron chi connectivity index (χ3n) is 2.97. The number of carbonyl (C=O) groups is 1. The van der Waals surface area contributed by atoms with Crippen LogP contribution >= 0.6 is 22.6 Å². The van der Waals surface area contributed by atoms with Crippen molar-refractivity contribution in [1.29, 1.82) is 0 Å². The van der Waals surface area contributed by atoms with E-state index in [4.69, 9.17) is 4.74 Å². The number of anilines is 1. The van der Waals surface area contributed by atoms with Gasteiger partial charge in [0, 0.05) is 35.9 Å². The highest BCUT2D eigenvalue weighted by Gasteiger charge is 2.23. The second-order valence-corrected chi connectivity index (χ2v) is 5.41. The highest BCUT2D eigenvalue weighted by atomic mass is 127. The quantitative estimate of drug-likeness (QED) is 0.620. The average molecular weight is 345 g/mol. The molecule has 0 saturated heterocycles. The van der Waals surface area contributed by atoms with Crippen LogP contribution in [-0.4, -0.2) is 26.2 Å². The van der Waals surface area contributed by atoms with E-state index >= 15 is 0 Å². The smallest absolute Gasteiger partial charge is 0.227 e. The van der Waals surface area contributed by atoms with Gasteiger partial charge in [-0.15, -0.1) is 0 Å². The SMILES string of the molecule is COCCCN1C(=O)CCc2cc(I)ccc21. The zero-order valence-corrected chi connectivity index (χ0v) is 12.1. The van der Waals surface area contributed by atoms with Crippen molar-refractivity contribution in [2.75, 3.05) is 25.2 Å². The molecule has 0 aromatic heterocycles. The molecular weight excluding hydrogens is 329 g/mol. The molecule has 0 unspecified atom stereocenters. The Bertz CT molecular complexity index is 420. The van der Waals surface area contributed by atoms with E-state index in [9.17, 15) is 4.79 Å². The first-order valence-corrected chi connectivity index (χ1v) is 6.88. The topological polar surface area (TPSA) is 29.5 Å². The third-order valence-corrected chi connectivity index (χ3v) is 3.64. The Morgan fingerprint density at radius 1 is 1.41 bits per heavy atom. The number of ether oxygens (including phenoxy) is 1. The maximum Gasteiger partial charge on any atom is 0.227 e. The van der Waals surface area contributed by atoms with Gasteiger partial charge in [-0.1, -0.05) is 0 Å². The van der Waals surface area contributed by atoms with Crippen LogP contribution in [0.5, 0.6) is 0 Å². The van der Waals surface area contributed by atoms with Crippen molar-refractivity contribution in [3.05, 3.63) is 27.3 Å². The minimum Gasteiger partial charge on any atom is -0.385 e. The van der Waals surface area contributed by atoms with Gasteiger partial charge >= 0.3 is 0 Å². The number of fused-ring (bicyclic) bond motifs is 1. The van der Waals surface area contributed by atoms with Gasteiger partial charge in [0.25, 0.3) is 0 Å². The fraction of sp³-hybridized carbons (Fsp3) is 0.462. The molecule has 2 rings (SSSR count). The maximum absolute atomic E-state index is 11.9. The Kier molecular flexibility index (Phi) is 4.39. The van der Waals surface area contributed by atoms with Crippen LogP contribution in [0.4, 0.5) is 5.69 Å². The van der Waals surface area contributed by atoms with E-state index in [1.54, 1.807) is 7.11 Å². The highest BCUT2D eigenvalue weighted by molar-refractivity contribution is 14.1. The van der Waals surface area contributed by atoms with E-state index in [1.807, 2.05) is 4.90 Å². The lowest BCUT2D eigenvalue weighted by Gasteiger charge is -2.29. The summed E-state index contributed by atoms with van der Waals surface area (Å²) in [6, 6.07) is 6.29. The zero-order valence-electron chi connectivity index (χ0n) is 9.91. The molecule has 0 atom stereocenters. The number of nitrogens with zero attached hydrogens (tertiary/aromatic N) is 1. The molecule has 0 fully saturated rings. The van der Waals surface area contributed by atoms with Crippen molar-refractivity contribution in [3.63, 3.8) is 0 Å². The lowest BCUT2D eigenvalue weighted by molar-refractivity contribution is -0.118. The molecule has 92 valence electrons. The van der Waals surface area contributed by atoms with Crippen molar-refractivity contribution in [2.45, 2.75) is 19.3 Å². The van der Waals surface area contributed by atoms with Gasteiger partial charge < -0.3 is 9.64 Å². The molecule has 17 heavy (non-hydrogen) atoms. The predicted molar refractivity (Wildman–Crippen MR) is 76.3 cm³/mol. The molecule has 1 aromatic rings. The van der Waals surface area contributed by atoms with Gasteiger partial charge in [-0.2, -0.15) is 0 Å². The van der Waals surface area contributed by atoms with Crippen molar-refractivity contribution in [2.24, 2.45) is 0 Å². The first-order valence-electron chi connectivity index (χ1n) is 5.80. The molecule has 0 N–H and O–H groups in total. The summed E-state index contributed by atoms with van der Waals surface area (Å²) < 4.78 is 6.27. The summed E-state index contributed by atoms with van der Waals surface area (Å²) in [6.45, 7) is 1.45. The van der Waals surface area contributed by atoms with Crippen LogP contribution in [0.1, 0.15) is 18.4 Å². The first-order chi connectivity index (χ1) is 8.22. The molecule has 4 heteroatoms. The third kappa shape index (κ3) is 2.98. The Morgan fingerprint density at radius 2 is 2.24 bits per heavy atom. The standard InChI is InChI=1S/C13H16INO2/c1-17-8-2-7-15-12-5-4-11(14)9-10(12)3-6-13(15)16/h4-5,9H,2-3,6-8H2,1H3. The minimum absolute atomic E-state index is 0.231. The molecule has 1 aromatic carbocycles. The summed E-state index contributed by atoms with van der Waals surface area (Å²) in [7, 11) is 1.69. The van der Waals surface area contributed by atoms with Crippen LogP contribution in [0, 0.1) is 3.57 Å². The predicted octanol–water partition coefficient (Wildman–Crippen LogP) is 2.61. The number of aryl methyl sites for hydroxylation is 1. The molecule has 3 nitrogen and oxygen atoms in total. The van der Waals surface area contributed by atoms with E-state index in [0.717, 1.165) is 25.1 Å². The van der Waals surface area contributed by atoms with Gasteiger partial charge in [-0.3, -0.25) is 4.79 Å². The zero-order chi connectivity index (χ0) is 12.3. The van der Waals surface area contributed by atoms with Crippen LogP contribution < -0.4 is 4.90 Å². The molecule has 1 heterocycles. The number of hydrogen-bond donors (Lipinski definition) is 0. The molecule has 1 aliphatic heterocycles. The van der Waals surface area contributed by atoms with Crippen LogP contribution in [0.2, 0.25) is 0 Å². The normalized spacial score (nSPS) is 14.9. The van der Waals surface area contributed by atoms with Crippen molar-refractivity contribution in [1.82, 2.24) is 0 Å². The summed E-state index contributed by atoms with van der Waals surface area (Å²) in [5, 5.41) is 0. The molecule has 0 radical (unpaired) electrons. The molecule has 1 aliphatic rings. The summed E-state index contributed by atoms with van der Waals surface area (Å²) >= 11 is 2.31. The number of hydrogen-bond acceptors (Lipinski definition) is 2. The van der Waals surface area contributed by atoms with Gasteiger partial charge in [-0.05, 0) is 59.2 Å². The lowest BCUT2D eigenvalue weighted by atomic mass is 10.0. The number of carbonyl (C=O) groups excluding carboxylic acids is 1. The highest BCUT2D eigenvalue weighted by Crippen LogP contribution is 2.29. The number of halogens is 1. The van der Waals surface area contributed by atoms with Crippen molar-refractivity contribution in [3.8, 4) is 0 Å². The van der Waals surface area contributed by atoms with E-state index < -0.39 is 0 Å². The maximum atomic E-state index is 11.9. The Hall–Kier alpha value is -0.620. The van der Waals surface area contributed by atoms with Crippen LogP contribution in [-0.2, 0) is 16.0 Å². The summed E-state index contributed by atoms with van der Waals surface area (Å²) in [5.74, 6) is 0.231. The number of amides is 1. The summed E-state index contributed by atoms with van der Waals surface area (Å²) in [6.07, 6.45) is 2.37. The van der Waals surface area contributed by atoms with Crippen LogP contribution in [0.15, 0.2) is 18.2 Å². The molecule has 1 amide bonds. The molecule has 0 saturated carbocycles. The Morgan fingerprint density at radius 3 is 3.00 bits per heavy atom. The number of rotatable bonds is 4. The van der Waals surface area contributed by atoms with E-state index in [2.05, 4.69) is 40.8 Å². The number of benzene rings is 1. The molecule has 0 spiro atoms. The largest absolute Gasteiger partial charge is 0.385 e. The van der Waals surface area contributed by atoms with Crippen LogP contribution in [0.25, 0.3) is 0 Å². The molecular formula is C13H16INO2. The van der Waals surface area contributed by atoms with Crippen molar-refractivity contribution >= 4 is 34.2 Å². The molecule has 0 aliphatic carbocycles. The second-order valence-electron chi connectivity index (χ2n) is 4.16. The minimum atomic E-state index is 0.231. The van der Waals surface area contributed by atoms with E-state index in [0.29, 0.717) is 13.0 Å². The van der Waals surface area contributed by atoms with Gasteiger partial charge in [0.2, 0.25) is 5.91 Å². The Balaban J connectivity index is 2.18. The Labute approximate surface area is 115 Å².